The predicted octanol–water partition coefficient (Wildman–Crippen LogP) is 5.76. The van der Waals surface area contributed by atoms with Crippen LogP contribution in [0.15, 0.2) is 48.5 Å². The van der Waals surface area contributed by atoms with Crippen LogP contribution in [0.25, 0.3) is 32.3 Å². The summed E-state index contributed by atoms with van der Waals surface area (Å²) in [5, 5.41) is 7.94. The van der Waals surface area contributed by atoms with Crippen LogP contribution in [-0.4, -0.2) is 18.3 Å². The molecule has 1 heterocycles. The molecule has 1 saturated heterocycles. The molecule has 2 fully saturated rings. The van der Waals surface area contributed by atoms with Crippen LogP contribution in [0.5, 0.6) is 0 Å². The van der Waals surface area contributed by atoms with E-state index >= 15 is 0 Å². The number of hydrogen-bond acceptors (Lipinski definition) is 2. The average Bonchev–Trinajstić information content (AvgIpc) is 3.46. The van der Waals surface area contributed by atoms with Gasteiger partial charge < -0.3 is 9.31 Å². The molecule has 140 valence electrons. The van der Waals surface area contributed by atoms with Crippen molar-refractivity contribution in [3.05, 3.63) is 54.1 Å². The summed E-state index contributed by atoms with van der Waals surface area (Å²) in [6, 6.07) is 18.3. The van der Waals surface area contributed by atoms with E-state index in [0.29, 0.717) is 0 Å². The summed E-state index contributed by atoms with van der Waals surface area (Å²) in [6.45, 7) is 8.45. The maximum absolute atomic E-state index is 6.38. The van der Waals surface area contributed by atoms with Crippen molar-refractivity contribution >= 4 is 44.9 Å². The van der Waals surface area contributed by atoms with E-state index in [2.05, 4.69) is 76.2 Å². The van der Waals surface area contributed by atoms with E-state index in [4.69, 9.17) is 9.31 Å². The lowest BCUT2D eigenvalue weighted by atomic mass is 9.74. The van der Waals surface area contributed by atoms with Crippen molar-refractivity contribution in [1.29, 1.82) is 0 Å². The third-order valence-electron chi connectivity index (χ3n) is 7.21. The number of benzene rings is 4. The molecule has 0 amide bonds. The van der Waals surface area contributed by atoms with E-state index in [0.717, 1.165) is 11.4 Å². The third-order valence-corrected chi connectivity index (χ3v) is 7.21. The van der Waals surface area contributed by atoms with Crippen molar-refractivity contribution in [3.63, 3.8) is 0 Å². The molecule has 4 aromatic carbocycles. The fourth-order valence-corrected chi connectivity index (χ4v) is 4.69. The second-order valence-electron chi connectivity index (χ2n) is 9.64. The molecule has 4 aromatic rings. The van der Waals surface area contributed by atoms with E-state index < -0.39 is 0 Å². The van der Waals surface area contributed by atoms with Gasteiger partial charge >= 0.3 is 7.12 Å². The van der Waals surface area contributed by atoms with Gasteiger partial charge in [-0.15, -0.1) is 0 Å². The Hall–Kier alpha value is -2.10. The van der Waals surface area contributed by atoms with Gasteiger partial charge in [-0.25, -0.2) is 0 Å². The standard InChI is InChI=1S/C25H25BO2/c1-24(2)25(3,4)28-26(27-24)21-12-10-16-7-8-17-13-19(15-5-6-15)14-18-9-11-20(21)23(16)22(17)18/h7-15H,5-6H2,1-4H3. The van der Waals surface area contributed by atoms with Gasteiger partial charge in [-0.2, -0.15) is 0 Å². The van der Waals surface area contributed by atoms with Crippen molar-refractivity contribution in [2.45, 2.75) is 57.7 Å². The minimum Gasteiger partial charge on any atom is -0.399 e. The van der Waals surface area contributed by atoms with Crippen LogP contribution in [0.3, 0.4) is 0 Å². The Balaban J connectivity index is 1.60. The van der Waals surface area contributed by atoms with E-state index in [9.17, 15) is 0 Å². The smallest absolute Gasteiger partial charge is 0.399 e. The monoisotopic (exact) mass is 368 g/mol. The molecule has 2 aliphatic rings. The second-order valence-corrected chi connectivity index (χ2v) is 9.64. The molecule has 28 heavy (non-hydrogen) atoms. The van der Waals surface area contributed by atoms with Gasteiger partial charge in [0.2, 0.25) is 0 Å². The van der Waals surface area contributed by atoms with Crippen molar-refractivity contribution < 1.29 is 9.31 Å². The molecule has 6 rings (SSSR count). The van der Waals surface area contributed by atoms with E-state index in [1.165, 1.54) is 50.7 Å². The second kappa shape index (κ2) is 5.28. The largest absolute Gasteiger partial charge is 0.495 e. The highest BCUT2D eigenvalue weighted by atomic mass is 16.7. The molecule has 1 aliphatic heterocycles. The van der Waals surface area contributed by atoms with Gasteiger partial charge in [0.15, 0.2) is 0 Å². The maximum atomic E-state index is 6.38. The SMILES string of the molecule is CC1(C)OB(c2ccc3ccc4cc(C5CC5)cc5ccc2c3c45)OC1(C)C. The van der Waals surface area contributed by atoms with Crippen molar-refractivity contribution in [3.8, 4) is 0 Å². The van der Waals surface area contributed by atoms with Gasteiger partial charge in [0.05, 0.1) is 11.2 Å². The van der Waals surface area contributed by atoms with Crippen LogP contribution in [0, 0.1) is 0 Å². The molecule has 0 N–H and O–H groups in total. The van der Waals surface area contributed by atoms with Gasteiger partial charge in [0.25, 0.3) is 0 Å². The first-order chi connectivity index (χ1) is 13.3. The summed E-state index contributed by atoms with van der Waals surface area (Å²) in [6.07, 6.45) is 2.67. The van der Waals surface area contributed by atoms with Crippen LogP contribution >= 0.6 is 0 Å². The van der Waals surface area contributed by atoms with Gasteiger partial charge in [0.1, 0.15) is 0 Å². The molecule has 0 radical (unpaired) electrons. The first-order valence-electron chi connectivity index (χ1n) is 10.4. The predicted molar refractivity (Wildman–Crippen MR) is 118 cm³/mol. The summed E-state index contributed by atoms with van der Waals surface area (Å²) >= 11 is 0. The highest BCUT2D eigenvalue weighted by Crippen LogP contribution is 2.44. The Morgan fingerprint density at radius 2 is 1.32 bits per heavy atom. The quantitative estimate of drug-likeness (QED) is 0.331. The van der Waals surface area contributed by atoms with E-state index in [-0.39, 0.29) is 18.3 Å². The Bertz CT molecular complexity index is 1200. The molecule has 0 aromatic heterocycles. The minimum absolute atomic E-state index is 0.333. The van der Waals surface area contributed by atoms with Gasteiger partial charge in [-0.05, 0) is 89.8 Å². The van der Waals surface area contributed by atoms with Crippen LogP contribution < -0.4 is 5.46 Å². The first-order valence-corrected chi connectivity index (χ1v) is 10.4. The lowest BCUT2D eigenvalue weighted by Crippen LogP contribution is -2.41. The molecule has 0 spiro atoms. The van der Waals surface area contributed by atoms with E-state index in [1.807, 2.05) is 0 Å². The lowest BCUT2D eigenvalue weighted by Gasteiger charge is -2.32. The Morgan fingerprint density at radius 3 is 1.96 bits per heavy atom. The van der Waals surface area contributed by atoms with Gasteiger partial charge in [-0.1, -0.05) is 48.5 Å². The normalized spacial score (nSPS) is 21.4. The zero-order valence-corrected chi connectivity index (χ0v) is 17.0. The number of hydrogen-bond donors (Lipinski definition) is 0. The summed E-state index contributed by atoms with van der Waals surface area (Å²) in [7, 11) is -0.336. The first kappa shape index (κ1) is 16.8. The topological polar surface area (TPSA) is 18.5 Å². The fourth-order valence-electron chi connectivity index (χ4n) is 4.69. The molecule has 0 bridgehead atoms. The Morgan fingerprint density at radius 1 is 0.750 bits per heavy atom. The zero-order valence-electron chi connectivity index (χ0n) is 17.0. The van der Waals surface area contributed by atoms with Crippen molar-refractivity contribution in [1.82, 2.24) is 0 Å². The molecule has 0 atom stereocenters. The molecule has 2 nitrogen and oxygen atoms in total. The fraction of sp³-hybridized carbons (Fsp3) is 0.360. The molecular weight excluding hydrogens is 343 g/mol. The summed E-state index contributed by atoms with van der Waals surface area (Å²) in [4.78, 5) is 0. The van der Waals surface area contributed by atoms with Crippen LogP contribution in [-0.2, 0) is 9.31 Å². The highest BCUT2D eigenvalue weighted by molar-refractivity contribution is 6.65. The van der Waals surface area contributed by atoms with Gasteiger partial charge in [-0.3, -0.25) is 0 Å². The average molecular weight is 368 g/mol. The molecule has 3 heteroatoms. The van der Waals surface area contributed by atoms with Gasteiger partial charge in [0, 0.05) is 0 Å². The third kappa shape index (κ3) is 2.24. The van der Waals surface area contributed by atoms with Crippen molar-refractivity contribution in [2.24, 2.45) is 0 Å². The Kier molecular flexibility index (Phi) is 3.17. The summed E-state index contributed by atoms with van der Waals surface area (Å²) in [5.41, 5.74) is 1.96. The number of rotatable bonds is 2. The zero-order chi connectivity index (χ0) is 19.3. The summed E-state index contributed by atoms with van der Waals surface area (Å²) in [5.74, 6) is 0.766. The molecular formula is C25H25BO2. The van der Waals surface area contributed by atoms with Crippen LogP contribution in [0.1, 0.15) is 52.0 Å². The lowest BCUT2D eigenvalue weighted by molar-refractivity contribution is 0.00578. The maximum Gasteiger partial charge on any atom is 0.495 e. The molecule has 0 unspecified atom stereocenters. The molecule has 1 saturated carbocycles. The van der Waals surface area contributed by atoms with E-state index in [1.54, 1.807) is 0 Å². The molecule has 1 aliphatic carbocycles. The van der Waals surface area contributed by atoms with Crippen molar-refractivity contribution in [2.75, 3.05) is 0 Å². The minimum atomic E-state index is -0.336. The summed E-state index contributed by atoms with van der Waals surface area (Å²) < 4.78 is 12.8. The Labute approximate surface area is 166 Å². The highest BCUT2D eigenvalue weighted by Gasteiger charge is 2.52. The van der Waals surface area contributed by atoms with Crippen LogP contribution in [0.2, 0.25) is 0 Å². The van der Waals surface area contributed by atoms with Crippen LogP contribution in [0.4, 0.5) is 0 Å².